The average molecular weight is 683 g/mol. The van der Waals surface area contributed by atoms with Crippen molar-refractivity contribution in [1.29, 1.82) is 0 Å². The molecule has 0 bridgehead atoms. The molecule has 1 fully saturated rings. The molecule has 0 unspecified atom stereocenters. The van der Waals surface area contributed by atoms with Crippen LogP contribution in [-0.2, 0) is 16.8 Å². The molecule has 1 heterocycles. The summed E-state index contributed by atoms with van der Waals surface area (Å²) in [5.41, 5.74) is 5.15. The molecule has 0 amide bonds. The molecule has 0 aliphatic heterocycles. The van der Waals surface area contributed by atoms with Crippen molar-refractivity contribution in [1.82, 2.24) is 10.3 Å². The number of aryl methyl sites for hydroxylation is 1. The van der Waals surface area contributed by atoms with Crippen molar-refractivity contribution >= 4 is 52.4 Å². The van der Waals surface area contributed by atoms with Gasteiger partial charge in [0.1, 0.15) is 0 Å². The van der Waals surface area contributed by atoms with E-state index in [1.807, 2.05) is 86.3 Å². The summed E-state index contributed by atoms with van der Waals surface area (Å²) in [5.74, 6) is 0.122. The maximum atomic E-state index is 11.5. The van der Waals surface area contributed by atoms with E-state index in [2.05, 4.69) is 60.9 Å². The van der Waals surface area contributed by atoms with Crippen molar-refractivity contribution < 1.29 is 15.0 Å². The number of aliphatic hydroxyl groups is 1. The maximum absolute atomic E-state index is 11.5. The van der Waals surface area contributed by atoms with Gasteiger partial charge in [0.05, 0.1) is 23.2 Å². The fraction of sp³-hybridized carbons (Fsp3) is 0.317. The van der Waals surface area contributed by atoms with E-state index < -0.39 is 11.6 Å². The van der Waals surface area contributed by atoms with E-state index in [4.69, 9.17) is 16.6 Å². The normalized spacial score (nSPS) is 14.2. The summed E-state index contributed by atoms with van der Waals surface area (Å²) in [6.45, 7) is 12.5. The van der Waals surface area contributed by atoms with Gasteiger partial charge in [-0.15, -0.1) is 13.2 Å². The molecule has 3 aromatic carbocycles. The zero-order chi connectivity index (χ0) is 34.6. The van der Waals surface area contributed by atoms with Crippen LogP contribution in [0.4, 0.5) is 0 Å². The smallest absolute Gasteiger partial charge is 0.303 e. The molecular weight excluding hydrogens is 636 g/mol. The quantitative estimate of drug-likeness (QED) is 0.0806. The number of nitrogens with one attached hydrogen (secondary N) is 1. The number of benzene rings is 3. The third kappa shape index (κ3) is 11.5. The number of hydrogen-bond acceptors (Lipinski definition) is 5. The molecule has 0 saturated heterocycles. The van der Waals surface area contributed by atoms with Crippen molar-refractivity contribution in [3.8, 4) is 0 Å². The highest BCUT2D eigenvalue weighted by atomic mass is 35.5. The molecule has 5 nitrogen and oxygen atoms in total. The van der Waals surface area contributed by atoms with E-state index in [0.29, 0.717) is 5.02 Å². The van der Waals surface area contributed by atoms with Gasteiger partial charge in [-0.1, -0.05) is 90.5 Å². The predicted molar refractivity (Wildman–Crippen MR) is 205 cm³/mol. The third-order valence-corrected chi connectivity index (χ3v) is 10.3. The van der Waals surface area contributed by atoms with Crippen molar-refractivity contribution in [3.05, 3.63) is 137 Å². The largest absolute Gasteiger partial charge is 0.481 e. The summed E-state index contributed by atoms with van der Waals surface area (Å²) in [4.78, 5) is 16.2. The first-order valence-electron chi connectivity index (χ1n) is 16.4. The number of thioether (sulfide) groups is 1. The van der Waals surface area contributed by atoms with E-state index in [0.717, 1.165) is 77.8 Å². The van der Waals surface area contributed by atoms with Crippen LogP contribution in [0.15, 0.2) is 104 Å². The molecule has 0 spiro atoms. The monoisotopic (exact) mass is 682 g/mol. The predicted octanol–water partition coefficient (Wildman–Crippen LogP) is 9.90. The Morgan fingerprint density at radius 2 is 1.75 bits per heavy atom. The Balaban J connectivity index is 0.000000671. The first kappa shape index (κ1) is 37.1. The van der Waals surface area contributed by atoms with Crippen molar-refractivity contribution in [3.63, 3.8) is 0 Å². The van der Waals surface area contributed by atoms with Gasteiger partial charge >= 0.3 is 5.97 Å². The standard InChI is InChI=1S/C35H36ClNO3S.C6H11N/c1-34(2,40)30-9-4-3-7-25(30)13-17-32(41-23-35(18-19-35)22-33(38)39)27-8-5-6-24(20-27)10-15-29-16-12-26-11-14-28(36)21-31(26)37-29;1-3-5-7-6-4-2/h3-12,14-16,20-21,32,40H,13,17-19,22-23H2,1-2H3,(H,38,39);3-4,7H,1-2,5-6H2/b15-10+;/t32-;/m1./s1. The lowest BCUT2D eigenvalue weighted by molar-refractivity contribution is -0.138. The van der Waals surface area contributed by atoms with E-state index in [-0.39, 0.29) is 17.1 Å². The molecule has 252 valence electrons. The number of halogens is 1. The first-order chi connectivity index (χ1) is 23.0. The number of nitrogens with zero attached hydrogens (tertiary/aromatic N) is 1. The molecule has 1 aliphatic rings. The average Bonchev–Trinajstić information content (AvgIpc) is 3.82. The number of carboxylic acid groups (broad SMARTS) is 1. The zero-order valence-electron chi connectivity index (χ0n) is 28.0. The molecular formula is C41H47ClN2O3S. The highest BCUT2D eigenvalue weighted by Crippen LogP contribution is 2.53. The van der Waals surface area contributed by atoms with Crippen LogP contribution in [0.5, 0.6) is 0 Å². The summed E-state index contributed by atoms with van der Waals surface area (Å²) in [6.07, 6.45) is 11.7. The summed E-state index contributed by atoms with van der Waals surface area (Å²) >= 11 is 8.04. The second kappa shape index (κ2) is 17.6. The Kier molecular flexibility index (Phi) is 13.7. The Morgan fingerprint density at radius 1 is 1.02 bits per heavy atom. The van der Waals surface area contributed by atoms with Crippen LogP contribution in [0.3, 0.4) is 0 Å². The van der Waals surface area contributed by atoms with Gasteiger partial charge in [0.2, 0.25) is 0 Å². The minimum Gasteiger partial charge on any atom is -0.481 e. The topological polar surface area (TPSA) is 82.5 Å². The van der Waals surface area contributed by atoms with Gasteiger partial charge < -0.3 is 15.5 Å². The first-order valence-corrected chi connectivity index (χ1v) is 17.9. The van der Waals surface area contributed by atoms with Gasteiger partial charge in [0.15, 0.2) is 0 Å². The van der Waals surface area contributed by atoms with Gasteiger partial charge in [0, 0.05) is 34.5 Å². The van der Waals surface area contributed by atoms with Gasteiger partial charge in [-0.05, 0) is 91.5 Å². The van der Waals surface area contributed by atoms with E-state index in [1.54, 1.807) is 0 Å². The third-order valence-electron chi connectivity index (χ3n) is 8.41. The fourth-order valence-electron chi connectivity index (χ4n) is 5.65. The Bertz CT molecular complexity index is 1720. The van der Waals surface area contributed by atoms with Crippen LogP contribution in [-0.4, -0.2) is 40.0 Å². The Morgan fingerprint density at radius 3 is 2.44 bits per heavy atom. The molecule has 1 saturated carbocycles. The van der Waals surface area contributed by atoms with Gasteiger partial charge in [-0.25, -0.2) is 4.98 Å². The number of rotatable bonds is 16. The molecule has 0 radical (unpaired) electrons. The molecule has 3 N–H and O–H groups in total. The lowest BCUT2D eigenvalue weighted by Crippen LogP contribution is -2.18. The molecule has 48 heavy (non-hydrogen) atoms. The fourth-order valence-corrected chi connectivity index (χ4v) is 7.38. The SMILES string of the molecule is C=CCNCC=C.CC(C)(O)c1ccccc1CC[C@@H](SCC1(CC(=O)O)CC1)c1cccc(/C=C/c2ccc3ccc(Cl)cc3n2)c1. The molecule has 1 aliphatic carbocycles. The van der Waals surface area contributed by atoms with Crippen molar-refractivity contribution in [2.75, 3.05) is 18.8 Å². The van der Waals surface area contributed by atoms with Crippen LogP contribution >= 0.6 is 23.4 Å². The molecule has 7 heteroatoms. The number of aromatic nitrogens is 1. The second-order valence-electron chi connectivity index (χ2n) is 12.9. The lowest BCUT2D eigenvalue weighted by atomic mass is 9.90. The van der Waals surface area contributed by atoms with Gasteiger partial charge in [-0.2, -0.15) is 11.8 Å². The Labute approximate surface area is 294 Å². The second-order valence-corrected chi connectivity index (χ2v) is 14.6. The zero-order valence-corrected chi connectivity index (χ0v) is 29.6. The molecule has 1 atom stereocenters. The van der Waals surface area contributed by atoms with Crippen LogP contribution in [0.1, 0.15) is 72.7 Å². The summed E-state index contributed by atoms with van der Waals surface area (Å²) in [7, 11) is 0. The number of hydrogen-bond donors (Lipinski definition) is 3. The number of fused-ring (bicyclic) bond motifs is 1. The summed E-state index contributed by atoms with van der Waals surface area (Å²) in [5, 5.41) is 25.1. The van der Waals surface area contributed by atoms with Crippen molar-refractivity contribution in [2.24, 2.45) is 5.41 Å². The van der Waals surface area contributed by atoms with Gasteiger partial charge in [0.25, 0.3) is 0 Å². The minimum absolute atomic E-state index is 0.0814. The van der Waals surface area contributed by atoms with Gasteiger partial charge in [-0.3, -0.25) is 4.79 Å². The number of carboxylic acids is 1. The molecule has 5 rings (SSSR count). The molecule has 1 aromatic heterocycles. The van der Waals surface area contributed by atoms with Crippen LogP contribution < -0.4 is 5.32 Å². The maximum Gasteiger partial charge on any atom is 0.303 e. The van der Waals surface area contributed by atoms with Crippen LogP contribution in [0.25, 0.3) is 23.1 Å². The van der Waals surface area contributed by atoms with E-state index in [1.165, 1.54) is 5.56 Å². The number of aliphatic carboxylic acids is 1. The number of pyridine rings is 1. The van der Waals surface area contributed by atoms with E-state index in [9.17, 15) is 15.0 Å². The van der Waals surface area contributed by atoms with Crippen LogP contribution in [0.2, 0.25) is 5.02 Å². The Hall–Kier alpha value is -3.68. The lowest BCUT2D eigenvalue weighted by Gasteiger charge is -2.24. The minimum atomic E-state index is -0.911. The molecule has 4 aromatic rings. The van der Waals surface area contributed by atoms with Crippen LogP contribution in [0, 0.1) is 5.41 Å². The van der Waals surface area contributed by atoms with Crippen molar-refractivity contribution in [2.45, 2.75) is 56.8 Å². The highest BCUT2D eigenvalue weighted by Gasteiger charge is 2.44. The number of carbonyl (C=O) groups is 1. The summed E-state index contributed by atoms with van der Waals surface area (Å²) < 4.78 is 0. The summed E-state index contributed by atoms with van der Waals surface area (Å²) in [6, 6.07) is 26.5. The highest BCUT2D eigenvalue weighted by molar-refractivity contribution is 7.99. The van der Waals surface area contributed by atoms with E-state index >= 15 is 0 Å².